The molecule has 0 aliphatic carbocycles. The van der Waals surface area contributed by atoms with Crippen LogP contribution in [0.3, 0.4) is 0 Å². The second-order valence-electron chi connectivity index (χ2n) is 6.03. The lowest BCUT2D eigenvalue weighted by Crippen LogP contribution is -2.16. The second kappa shape index (κ2) is 7.75. The van der Waals surface area contributed by atoms with Crippen molar-refractivity contribution >= 4 is 41.8 Å². The van der Waals surface area contributed by atoms with Crippen molar-refractivity contribution in [2.75, 3.05) is 17.7 Å². The number of nitrogens with zero attached hydrogens (tertiary/aromatic N) is 3. The summed E-state index contributed by atoms with van der Waals surface area (Å²) in [5, 5.41) is 3.26. The number of amides is 1. The molecule has 2 heterocycles. The first-order chi connectivity index (χ1) is 13.1. The Hall–Kier alpha value is -2.68. The zero-order chi connectivity index (χ0) is 20.5. The molecule has 1 amide bonds. The summed E-state index contributed by atoms with van der Waals surface area (Å²) in [5.41, 5.74) is 5.86. The van der Waals surface area contributed by atoms with Gasteiger partial charge in [-0.25, -0.2) is 14.4 Å². The van der Waals surface area contributed by atoms with Crippen LogP contribution in [0.25, 0.3) is 0 Å². The number of rotatable bonds is 5. The number of hydrogen-bond donors (Lipinski definition) is 3. The summed E-state index contributed by atoms with van der Waals surface area (Å²) in [6, 6.07) is 5.24. The van der Waals surface area contributed by atoms with E-state index in [9.17, 15) is 18.6 Å². The van der Waals surface area contributed by atoms with Crippen molar-refractivity contribution in [3.05, 3.63) is 54.2 Å². The van der Waals surface area contributed by atoms with E-state index in [0.29, 0.717) is 5.16 Å². The third-order valence-corrected chi connectivity index (χ3v) is 6.13. The molecule has 3 aromatic rings. The van der Waals surface area contributed by atoms with Gasteiger partial charge in [0.1, 0.15) is 11.6 Å². The largest absolute Gasteiger partial charge is 0.398 e. The summed E-state index contributed by atoms with van der Waals surface area (Å²) in [6.07, 6.45) is 4.52. The quantitative estimate of drug-likeness (QED) is 0.427. The average Bonchev–Trinajstić information content (AvgIpc) is 3.01. The third-order valence-electron chi connectivity index (χ3n) is 3.80. The van der Waals surface area contributed by atoms with E-state index < -0.39 is 19.1 Å². The summed E-state index contributed by atoms with van der Waals surface area (Å²) in [4.78, 5) is 30.4. The minimum Gasteiger partial charge on any atom is -0.398 e. The molecule has 1 unspecified atom stereocenters. The Morgan fingerprint density at radius 3 is 2.68 bits per heavy atom. The highest BCUT2D eigenvalue weighted by molar-refractivity contribution is 7.99. The van der Waals surface area contributed by atoms with Gasteiger partial charge >= 0.3 is 0 Å². The first-order valence-corrected chi connectivity index (χ1v) is 10.9. The number of nitrogen functional groups attached to an aromatic ring is 1. The zero-order valence-corrected chi connectivity index (χ0v) is 16.7. The molecule has 0 radical (unpaired) electrons. The number of imidazole rings is 1. The predicted molar refractivity (Wildman–Crippen MR) is 106 cm³/mol. The Bertz CT molecular complexity index is 1080. The molecule has 1 aromatic carbocycles. The van der Waals surface area contributed by atoms with Crippen molar-refractivity contribution in [3.8, 4) is 0 Å². The molecule has 0 saturated carbocycles. The van der Waals surface area contributed by atoms with Crippen LogP contribution in [0.2, 0.25) is 0 Å². The Morgan fingerprint density at radius 2 is 2.11 bits per heavy atom. The molecule has 2 aromatic heterocycles. The number of nitrogens with two attached hydrogens (primary N) is 1. The molecule has 0 fully saturated rings. The normalized spacial score (nSPS) is 13.1. The maximum absolute atomic E-state index is 14.3. The van der Waals surface area contributed by atoms with Crippen LogP contribution in [-0.4, -0.2) is 32.0 Å². The fraction of sp³-hybridized carbons (Fsp3) is 0.118. The van der Waals surface area contributed by atoms with Gasteiger partial charge in [-0.05, 0) is 36.0 Å². The van der Waals surface area contributed by atoms with E-state index in [1.54, 1.807) is 24.0 Å². The van der Waals surface area contributed by atoms with Gasteiger partial charge in [0, 0.05) is 38.0 Å². The van der Waals surface area contributed by atoms with Gasteiger partial charge in [-0.2, -0.15) is 0 Å². The molecule has 0 saturated heterocycles. The molecule has 1 atom stereocenters. The fourth-order valence-electron chi connectivity index (χ4n) is 2.28. The minimum atomic E-state index is -3.43. The van der Waals surface area contributed by atoms with Gasteiger partial charge in [-0.1, -0.05) is 0 Å². The Morgan fingerprint density at radius 1 is 1.36 bits per heavy atom. The Kier molecular flexibility index (Phi) is 5.55. The van der Waals surface area contributed by atoms with Crippen LogP contribution in [0.15, 0.2) is 52.9 Å². The Labute approximate surface area is 164 Å². The molecule has 0 spiro atoms. The topological polar surface area (TPSA) is 123 Å². The van der Waals surface area contributed by atoms with Crippen molar-refractivity contribution in [3.63, 3.8) is 0 Å². The van der Waals surface area contributed by atoms with Crippen LogP contribution < -0.4 is 16.4 Å². The molecular formula is C17H17FN5O3PS. The number of halogens is 1. The standard InChI is InChI=1S/C17H17FN5O3PS/c1-23-6-5-20-17(23)28-14-7-11(13(19)8-12(14)18)16(24)22-15-4-3-10(9-21-15)27(2,25)26/h3-9H,19H2,1-2H3,(H,25,26)(H,21,22,24). The molecule has 11 heteroatoms. The van der Waals surface area contributed by atoms with E-state index in [-0.39, 0.29) is 27.3 Å². The summed E-state index contributed by atoms with van der Waals surface area (Å²) < 4.78 is 27.6. The van der Waals surface area contributed by atoms with Crippen LogP contribution in [-0.2, 0) is 11.6 Å². The van der Waals surface area contributed by atoms with E-state index >= 15 is 0 Å². The van der Waals surface area contributed by atoms with Gasteiger partial charge in [0.15, 0.2) is 5.16 Å². The lowest BCUT2D eigenvalue weighted by Gasteiger charge is -2.11. The van der Waals surface area contributed by atoms with Crippen molar-refractivity contribution in [2.24, 2.45) is 7.05 Å². The number of anilines is 2. The molecule has 0 bridgehead atoms. The molecule has 0 aliphatic heterocycles. The summed E-state index contributed by atoms with van der Waals surface area (Å²) in [6.45, 7) is 1.20. The lowest BCUT2D eigenvalue weighted by molar-refractivity contribution is 0.102. The van der Waals surface area contributed by atoms with Crippen LogP contribution in [0.1, 0.15) is 10.4 Å². The minimum absolute atomic E-state index is 0.0239. The molecule has 8 nitrogen and oxygen atoms in total. The molecule has 0 aliphatic rings. The highest BCUT2D eigenvalue weighted by Crippen LogP contribution is 2.34. The molecule has 3 rings (SSSR count). The Balaban J connectivity index is 1.84. The van der Waals surface area contributed by atoms with E-state index in [1.807, 2.05) is 0 Å². The van der Waals surface area contributed by atoms with Crippen molar-refractivity contribution in [2.45, 2.75) is 10.1 Å². The van der Waals surface area contributed by atoms with Crippen molar-refractivity contribution < 1.29 is 18.6 Å². The summed E-state index contributed by atoms with van der Waals surface area (Å²) in [5.74, 6) is -0.974. The summed E-state index contributed by atoms with van der Waals surface area (Å²) in [7, 11) is -1.66. The lowest BCUT2D eigenvalue weighted by atomic mass is 10.1. The van der Waals surface area contributed by atoms with Gasteiger partial charge in [-0.3, -0.25) is 9.36 Å². The number of carbonyl (C=O) groups excluding carboxylic acids is 1. The molecule has 28 heavy (non-hydrogen) atoms. The van der Waals surface area contributed by atoms with Gasteiger partial charge in [-0.15, -0.1) is 0 Å². The number of pyridine rings is 1. The zero-order valence-electron chi connectivity index (χ0n) is 15.0. The number of benzene rings is 1. The smallest absolute Gasteiger partial charge is 0.258 e. The molecule has 146 valence electrons. The van der Waals surface area contributed by atoms with Gasteiger partial charge in [0.2, 0.25) is 7.37 Å². The van der Waals surface area contributed by atoms with Crippen LogP contribution >= 0.6 is 19.1 Å². The van der Waals surface area contributed by atoms with E-state index in [1.165, 1.54) is 31.1 Å². The highest BCUT2D eigenvalue weighted by Gasteiger charge is 2.18. The van der Waals surface area contributed by atoms with Crippen molar-refractivity contribution in [1.29, 1.82) is 0 Å². The van der Waals surface area contributed by atoms with Crippen LogP contribution in [0, 0.1) is 5.82 Å². The summed E-state index contributed by atoms with van der Waals surface area (Å²) >= 11 is 1.07. The van der Waals surface area contributed by atoms with Gasteiger partial charge in [0.05, 0.1) is 15.8 Å². The van der Waals surface area contributed by atoms with Gasteiger partial charge in [0.25, 0.3) is 5.91 Å². The molecular weight excluding hydrogens is 404 g/mol. The monoisotopic (exact) mass is 421 g/mol. The number of hydrogen-bond acceptors (Lipinski definition) is 6. The van der Waals surface area contributed by atoms with E-state index in [4.69, 9.17) is 5.73 Å². The maximum atomic E-state index is 14.3. The van der Waals surface area contributed by atoms with Crippen LogP contribution in [0.4, 0.5) is 15.9 Å². The first-order valence-electron chi connectivity index (χ1n) is 7.97. The third kappa shape index (κ3) is 4.41. The van der Waals surface area contributed by atoms with Gasteiger partial charge < -0.3 is 20.5 Å². The number of aryl methyl sites for hydroxylation is 1. The average molecular weight is 421 g/mol. The van der Waals surface area contributed by atoms with E-state index in [2.05, 4.69) is 15.3 Å². The van der Waals surface area contributed by atoms with Crippen LogP contribution in [0.5, 0.6) is 0 Å². The highest BCUT2D eigenvalue weighted by atomic mass is 32.2. The molecule has 4 N–H and O–H groups in total. The number of nitrogens with one attached hydrogen (secondary N) is 1. The van der Waals surface area contributed by atoms with Crippen molar-refractivity contribution in [1.82, 2.24) is 14.5 Å². The fourth-order valence-corrected chi connectivity index (χ4v) is 3.75. The second-order valence-corrected chi connectivity index (χ2v) is 9.31. The number of aromatic nitrogens is 3. The SMILES string of the molecule is Cn1ccnc1Sc1cc(C(=O)Nc2ccc(P(C)(=O)O)cn2)c(N)cc1F. The number of carbonyl (C=O) groups is 1. The maximum Gasteiger partial charge on any atom is 0.258 e. The predicted octanol–water partition coefficient (Wildman–Crippen LogP) is 2.47. The first kappa shape index (κ1) is 20.1. The van der Waals surface area contributed by atoms with E-state index in [0.717, 1.165) is 17.8 Å².